The normalized spacial score (nSPS) is 11.6. The third-order valence-electron chi connectivity index (χ3n) is 2.29. The van der Waals surface area contributed by atoms with Gasteiger partial charge in [0, 0.05) is 17.9 Å². The van der Waals surface area contributed by atoms with Crippen LogP contribution in [0, 0.1) is 0 Å². The lowest BCUT2D eigenvalue weighted by atomic mass is 10.2. The average Bonchev–Trinajstić information content (AvgIpc) is 2.36. The summed E-state index contributed by atoms with van der Waals surface area (Å²) in [5, 5.41) is 6.02. The number of hydrogen-bond donors (Lipinski definition) is 2. The van der Waals surface area contributed by atoms with Crippen LogP contribution in [0.3, 0.4) is 0 Å². The lowest BCUT2D eigenvalue weighted by Gasteiger charge is -2.17. The van der Waals surface area contributed by atoms with Gasteiger partial charge in [-0.05, 0) is 18.2 Å². The molecule has 1 rings (SSSR count). The van der Waals surface area contributed by atoms with Gasteiger partial charge in [0.25, 0.3) is 0 Å². The van der Waals surface area contributed by atoms with Crippen LogP contribution in [-0.2, 0) is 14.3 Å². The summed E-state index contributed by atoms with van der Waals surface area (Å²) < 4.78 is 5.47. The summed E-state index contributed by atoms with van der Waals surface area (Å²) in [6.07, 6.45) is 0. The highest BCUT2D eigenvalue weighted by molar-refractivity contribution is 9.10. The van der Waals surface area contributed by atoms with Crippen molar-refractivity contribution in [2.45, 2.75) is 13.0 Å². The lowest BCUT2D eigenvalue weighted by Crippen LogP contribution is -2.45. The van der Waals surface area contributed by atoms with Crippen LogP contribution in [0.1, 0.15) is 6.92 Å². The molecule has 0 saturated carbocycles. The molecule has 0 bridgehead atoms. The molecule has 19 heavy (non-hydrogen) atoms. The van der Waals surface area contributed by atoms with Crippen molar-refractivity contribution in [3.05, 3.63) is 27.7 Å². The van der Waals surface area contributed by atoms with Crippen molar-refractivity contribution in [1.29, 1.82) is 0 Å². The fourth-order valence-corrected chi connectivity index (χ4v) is 1.97. The van der Waals surface area contributed by atoms with E-state index < -0.39 is 12.0 Å². The Balaban J connectivity index is 2.72. The Morgan fingerprint density at radius 3 is 2.74 bits per heavy atom. The molecule has 0 aromatic heterocycles. The number of hydrogen-bond acceptors (Lipinski definition) is 4. The van der Waals surface area contributed by atoms with E-state index in [9.17, 15) is 9.59 Å². The maximum Gasteiger partial charge on any atom is 0.330 e. The highest BCUT2D eigenvalue weighted by atomic mass is 79.9. The molecule has 0 spiro atoms. The molecule has 0 saturated heterocycles. The Bertz CT molecular complexity index is 482. The third kappa shape index (κ3) is 5.08. The topological polar surface area (TPSA) is 67.4 Å². The van der Waals surface area contributed by atoms with Gasteiger partial charge in [-0.2, -0.15) is 0 Å². The largest absolute Gasteiger partial charge is 0.467 e. The van der Waals surface area contributed by atoms with Gasteiger partial charge in [0.2, 0.25) is 5.91 Å². The molecule has 104 valence electrons. The second-order valence-corrected chi connectivity index (χ2v) is 5.10. The van der Waals surface area contributed by atoms with Crippen molar-refractivity contribution < 1.29 is 14.3 Å². The highest BCUT2D eigenvalue weighted by Gasteiger charge is 2.20. The van der Waals surface area contributed by atoms with Crippen LogP contribution in [0.2, 0.25) is 5.02 Å². The van der Waals surface area contributed by atoms with E-state index in [2.05, 4.69) is 31.3 Å². The van der Waals surface area contributed by atoms with Crippen LogP contribution in [0.4, 0.5) is 5.69 Å². The number of methoxy groups -OCH3 is 1. The Kier molecular flexibility index (Phi) is 6.11. The number of anilines is 1. The lowest BCUT2D eigenvalue weighted by molar-refractivity contribution is -0.144. The molecule has 0 aliphatic carbocycles. The SMILES string of the molecule is COC(=O)C(CNc1cc(Br)ccc1Cl)NC(C)=O. The van der Waals surface area contributed by atoms with Gasteiger partial charge < -0.3 is 15.4 Å². The molecule has 0 fully saturated rings. The summed E-state index contributed by atoms with van der Waals surface area (Å²) in [4.78, 5) is 22.5. The Labute approximate surface area is 124 Å². The molecule has 5 nitrogen and oxygen atoms in total. The second-order valence-electron chi connectivity index (χ2n) is 3.78. The van der Waals surface area contributed by atoms with E-state index >= 15 is 0 Å². The van der Waals surface area contributed by atoms with Crippen LogP contribution in [0.25, 0.3) is 0 Å². The van der Waals surface area contributed by atoms with E-state index in [0.717, 1.165) is 4.47 Å². The van der Waals surface area contributed by atoms with Crippen molar-refractivity contribution in [3.8, 4) is 0 Å². The average molecular weight is 350 g/mol. The number of halogens is 2. The van der Waals surface area contributed by atoms with Gasteiger partial charge in [0.15, 0.2) is 0 Å². The fraction of sp³-hybridized carbons (Fsp3) is 0.333. The first-order chi connectivity index (χ1) is 8.93. The first kappa shape index (κ1) is 15.8. The second kappa shape index (κ2) is 7.35. The van der Waals surface area contributed by atoms with Gasteiger partial charge >= 0.3 is 5.97 Å². The zero-order chi connectivity index (χ0) is 14.4. The summed E-state index contributed by atoms with van der Waals surface area (Å²) >= 11 is 9.34. The standard InChI is InChI=1S/C12H14BrClN2O3/c1-7(17)16-11(12(18)19-2)6-15-10-5-8(13)3-4-9(10)14/h3-5,11,15H,6H2,1-2H3,(H,16,17). The van der Waals surface area contributed by atoms with Crippen LogP contribution in [0.15, 0.2) is 22.7 Å². The number of carbonyl (C=O) groups is 2. The molecule has 2 N–H and O–H groups in total. The number of benzene rings is 1. The van der Waals surface area contributed by atoms with Crippen molar-refractivity contribution in [2.24, 2.45) is 0 Å². The predicted octanol–water partition coefficient (Wildman–Crippen LogP) is 2.19. The van der Waals surface area contributed by atoms with Crippen LogP contribution in [-0.4, -0.2) is 31.6 Å². The minimum Gasteiger partial charge on any atom is -0.467 e. The van der Waals surface area contributed by atoms with E-state index in [4.69, 9.17) is 11.6 Å². The number of esters is 1. The molecule has 1 atom stereocenters. The first-order valence-electron chi connectivity index (χ1n) is 5.48. The summed E-state index contributed by atoms with van der Waals surface area (Å²) in [5.74, 6) is -0.827. The molecule has 0 aliphatic rings. The number of carbonyl (C=O) groups excluding carboxylic acids is 2. The van der Waals surface area contributed by atoms with Crippen molar-refractivity contribution in [2.75, 3.05) is 19.0 Å². The number of ether oxygens (including phenoxy) is 1. The van der Waals surface area contributed by atoms with Crippen LogP contribution < -0.4 is 10.6 Å². The fourth-order valence-electron chi connectivity index (χ4n) is 1.43. The van der Waals surface area contributed by atoms with Crippen molar-refractivity contribution in [1.82, 2.24) is 5.32 Å². The predicted molar refractivity (Wildman–Crippen MR) is 77.3 cm³/mol. The van der Waals surface area contributed by atoms with Crippen LogP contribution >= 0.6 is 27.5 Å². The third-order valence-corrected chi connectivity index (χ3v) is 3.11. The van der Waals surface area contributed by atoms with E-state index in [1.807, 2.05) is 0 Å². The van der Waals surface area contributed by atoms with E-state index in [-0.39, 0.29) is 12.5 Å². The summed E-state index contributed by atoms with van der Waals surface area (Å²) in [5.41, 5.74) is 0.662. The van der Waals surface area contributed by atoms with Gasteiger partial charge in [-0.15, -0.1) is 0 Å². The Morgan fingerprint density at radius 2 is 2.16 bits per heavy atom. The van der Waals surface area contributed by atoms with E-state index in [0.29, 0.717) is 10.7 Å². The molecule has 1 amide bonds. The molecular formula is C12H14BrClN2O3. The number of nitrogens with one attached hydrogen (secondary N) is 2. The van der Waals surface area contributed by atoms with Gasteiger partial charge in [0.05, 0.1) is 17.8 Å². The van der Waals surface area contributed by atoms with Gasteiger partial charge in [-0.1, -0.05) is 27.5 Å². The molecular weight excluding hydrogens is 336 g/mol. The zero-order valence-corrected chi connectivity index (χ0v) is 12.8. The maximum atomic E-state index is 11.5. The molecule has 0 aliphatic heterocycles. The smallest absolute Gasteiger partial charge is 0.330 e. The van der Waals surface area contributed by atoms with Gasteiger partial charge in [-0.25, -0.2) is 4.79 Å². The molecule has 1 unspecified atom stereocenters. The summed E-state index contributed by atoms with van der Waals surface area (Å²) in [6.45, 7) is 1.52. The monoisotopic (exact) mass is 348 g/mol. The minimum absolute atomic E-state index is 0.183. The van der Waals surface area contributed by atoms with E-state index in [1.54, 1.807) is 18.2 Å². The van der Waals surface area contributed by atoms with Gasteiger partial charge in [-0.3, -0.25) is 4.79 Å². The van der Waals surface area contributed by atoms with Gasteiger partial charge in [0.1, 0.15) is 6.04 Å². The first-order valence-corrected chi connectivity index (χ1v) is 6.65. The van der Waals surface area contributed by atoms with Crippen LogP contribution in [0.5, 0.6) is 0 Å². The molecule has 1 aromatic carbocycles. The Hall–Kier alpha value is -1.27. The molecule has 7 heteroatoms. The Morgan fingerprint density at radius 1 is 1.47 bits per heavy atom. The van der Waals surface area contributed by atoms with Crippen molar-refractivity contribution >= 4 is 45.1 Å². The molecule has 1 aromatic rings. The molecule has 0 heterocycles. The molecule has 0 radical (unpaired) electrons. The van der Waals surface area contributed by atoms with Crippen molar-refractivity contribution in [3.63, 3.8) is 0 Å². The quantitative estimate of drug-likeness (QED) is 0.800. The number of amides is 1. The summed E-state index contributed by atoms with van der Waals surface area (Å²) in [7, 11) is 1.27. The number of rotatable bonds is 5. The zero-order valence-electron chi connectivity index (χ0n) is 10.5. The maximum absolute atomic E-state index is 11.5. The summed E-state index contributed by atoms with van der Waals surface area (Å²) in [6, 6.07) is 4.54. The van der Waals surface area contributed by atoms with E-state index in [1.165, 1.54) is 14.0 Å². The minimum atomic E-state index is -0.766. The highest BCUT2D eigenvalue weighted by Crippen LogP contribution is 2.25.